The molecule has 0 heterocycles. The Hall–Kier alpha value is -0.460. The van der Waals surface area contributed by atoms with Gasteiger partial charge >= 0.3 is 0 Å². The number of thiocarbonyl (C=S) groups is 1. The lowest BCUT2D eigenvalue weighted by Gasteiger charge is -1.92. The van der Waals surface area contributed by atoms with Gasteiger partial charge in [-0.25, -0.2) is 0 Å². The molecule has 0 saturated carbocycles. The van der Waals surface area contributed by atoms with Gasteiger partial charge in [0.15, 0.2) is 0 Å². The van der Waals surface area contributed by atoms with E-state index in [0.29, 0.717) is 0 Å². The molecule has 0 aromatic carbocycles. The Kier molecular flexibility index (Phi) is 5.38. The van der Waals surface area contributed by atoms with E-state index in [9.17, 15) is 0 Å². The highest BCUT2D eigenvalue weighted by Crippen LogP contribution is 2.01. The molecule has 48 valence electrons. The molecule has 0 aromatic heterocycles. The SMILES string of the molecule is C#C/C=C/SC(=S)NC. The lowest BCUT2D eigenvalue weighted by atomic mass is 10.7. The van der Waals surface area contributed by atoms with Gasteiger partial charge in [-0.05, 0) is 11.5 Å². The molecule has 1 nitrogen and oxygen atoms in total. The predicted molar refractivity (Wildman–Crippen MR) is 47.2 cm³/mol. The minimum Gasteiger partial charge on any atom is -0.374 e. The molecule has 1 N–H and O–H groups in total. The van der Waals surface area contributed by atoms with E-state index >= 15 is 0 Å². The number of hydrogen-bond donors (Lipinski definition) is 1. The Balaban J connectivity index is 3.41. The first-order valence-corrected chi connectivity index (χ1v) is 3.59. The summed E-state index contributed by atoms with van der Waals surface area (Å²) in [6, 6.07) is 0. The number of hydrogen-bond acceptors (Lipinski definition) is 2. The molecule has 0 rings (SSSR count). The molecule has 3 heteroatoms. The Morgan fingerprint density at radius 2 is 2.56 bits per heavy atom. The minimum absolute atomic E-state index is 0.724. The quantitative estimate of drug-likeness (QED) is 0.456. The van der Waals surface area contributed by atoms with Crippen LogP contribution >= 0.6 is 24.0 Å². The standard InChI is InChI=1S/C6H7NS2/c1-3-4-5-9-6(8)7-2/h1,4-5H,2H3,(H,7,8)/b5-4+. The van der Waals surface area contributed by atoms with E-state index in [1.54, 1.807) is 18.5 Å². The second-order valence-corrected chi connectivity index (χ2v) is 2.71. The van der Waals surface area contributed by atoms with Crippen molar-refractivity contribution in [2.24, 2.45) is 0 Å². The van der Waals surface area contributed by atoms with Gasteiger partial charge in [0, 0.05) is 7.05 Å². The van der Waals surface area contributed by atoms with Crippen LogP contribution in [-0.2, 0) is 0 Å². The van der Waals surface area contributed by atoms with Crippen molar-refractivity contribution < 1.29 is 0 Å². The largest absolute Gasteiger partial charge is 0.374 e. The second kappa shape index (κ2) is 5.67. The molecule has 0 aliphatic heterocycles. The van der Waals surface area contributed by atoms with Crippen LogP contribution in [0.25, 0.3) is 0 Å². The maximum atomic E-state index is 4.94. The fourth-order valence-electron chi connectivity index (χ4n) is 0.194. The van der Waals surface area contributed by atoms with Crippen molar-refractivity contribution in [3.8, 4) is 12.3 Å². The summed E-state index contributed by atoms with van der Waals surface area (Å²) in [5, 5.41) is 4.56. The molecule has 0 spiro atoms. The summed E-state index contributed by atoms with van der Waals surface area (Å²) in [6.45, 7) is 0. The van der Waals surface area contributed by atoms with Crippen molar-refractivity contribution in [2.45, 2.75) is 0 Å². The summed E-state index contributed by atoms with van der Waals surface area (Å²) in [6.07, 6.45) is 6.55. The number of thioether (sulfide) groups is 1. The second-order valence-electron chi connectivity index (χ2n) is 1.12. The summed E-state index contributed by atoms with van der Waals surface area (Å²) in [5.41, 5.74) is 0. The first-order chi connectivity index (χ1) is 4.31. The molecule has 0 aliphatic rings. The van der Waals surface area contributed by atoms with E-state index in [1.165, 1.54) is 11.8 Å². The van der Waals surface area contributed by atoms with Gasteiger partial charge in [0.25, 0.3) is 0 Å². The third-order valence-corrected chi connectivity index (χ3v) is 1.73. The van der Waals surface area contributed by atoms with Gasteiger partial charge in [0.1, 0.15) is 4.32 Å². The predicted octanol–water partition coefficient (Wildman–Crippen LogP) is 1.37. The van der Waals surface area contributed by atoms with E-state index in [-0.39, 0.29) is 0 Å². The van der Waals surface area contributed by atoms with Crippen molar-refractivity contribution in [1.82, 2.24) is 5.32 Å². The maximum Gasteiger partial charge on any atom is 0.137 e. The Morgan fingerprint density at radius 3 is 3.00 bits per heavy atom. The van der Waals surface area contributed by atoms with E-state index in [4.69, 9.17) is 18.6 Å². The number of allylic oxidation sites excluding steroid dienone is 1. The van der Waals surface area contributed by atoms with Gasteiger partial charge in [0.2, 0.25) is 0 Å². The average molecular weight is 157 g/mol. The smallest absolute Gasteiger partial charge is 0.137 e. The van der Waals surface area contributed by atoms with Gasteiger partial charge in [-0.3, -0.25) is 0 Å². The molecule has 0 radical (unpaired) electrons. The summed E-state index contributed by atoms with van der Waals surface area (Å²) in [5.74, 6) is 2.36. The summed E-state index contributed by atoms with van der Waals surface area (Å²) in [4.78, 5) is 0. The summed E-state index contributed by atoms with van der Waals surface area (Å²) in [7, 11) is 1.78. The van der Waals surface area contributed by atoms with Crippen LogP contribution in [0.5, 0.6) is 0 Å². The van der Waals surface area contributed by atoms with Gasteiger partial charge in [0.05, 0.1) is 0 Å². The van der Waals surface area contributed by atoms with Crippen LogP contribution in [0.15, 0.2) is 11.5 Å². The molecule has 0 aliphatic carbocycles. The first-order valence-electron chi connectivity index (χ1n) is 2.30. The van der Waals surface area contributed by atoms with Gasteiger partial charge in [-0.2, -0.15) is 0 Å². The van der Waals surface area contributed by atoms with Crippen molar-refractivity contribution in [2.75, 3.05) is 7.05 Å². The topological polar surface area (TPSA) is 12.0 Å². The molecule has 0 aromatic rings. The lowest BCUT2D eigenvalue weighted by Crippen LogP contribution is -2.09. The molecule has 0 bridgehead atoms. The fraction of sp³-hybridized carbons (Fsp3) is 0.167. The van der Waals surface area contributed by atoms with Crippen LogP contribution in [0.1, 0.15) is 0 Å². The lowest BCUT2D eigenvalue weighted by molar-refractivity contribution is 1.23. The van der Waals surface area contributed by atoms with Gasteiger partial charge in [-0.1, -0.05) is 29.9 Å². The Labute approximate surface area is 64.9 Å². The zero-order chi connectivity index (χ0) is 7.11. The van der Waals surface area contributed by atoms with Gasteiger partial charge < -0.3 is 5.32 Å². The normalized spacial score (nSPS) is 8.89. The summed E-state index contributed by atoms with van der Waals surface area (Å²) < 4.78 is 0.724. The monoisotopic (exact) mass is 157 g/mol. The average Bonchev–Trinajstić information content (AvgIpc) is 1.89. The van der Waals surface area contributed by atoms with Crippen molar-refractivity contribution in [3.63, 3.8) is 0 Å². The van der Waals surface area contributed by atoms with Crippen molar-refractivity contribution in [3.05, 3.63) is 11.5 Å². The van der Waals surface area contributed by atoms with Crippen LogP contribution in [0.2, 0.25) is 0 Å². The Morgan fingerprint density at radius 1 is 1.89 bits per heavy atom. The highest BCUT2D eigenvalue weighted by Gasteiger charge is 1.84. The zero-order valence-corrected chi connectivity index (χ0v) is 6.68. The molecule has 9 heavy (non-hydrogen) atoms. The Bertz CT molecular complexity index is 155. The highest BCUT2D eigenvalue weighted by atomic mass is 32.2. The minimum atomic E-state index is 0.724. The third-order valence-electron chi connectivity index (χ3n) is 0.543. The molecular weight excluding hydrogens is 150 g/mol. The van der Waals surface area contributed by atoms with Crippen LogP contribution in [-0.4, -0.2) is 11.4 Å². The molecule has 0 fully saturated rings. The fourth-order valence-corrected chi connectivity index (χ4v) is 0.749. The maximum absolute atomic E-state index is 4.94. The molecule has 0 amide bonds. The van der Waals surface area contributed by atoms with E-state index in [0.717, 1.165) is 4.32 Å². The van der Waals surface area contributed by atoms with Crippen molar-refractivity contribution in [1.29, 1.82) is 0 Å². The number of nitrogens with one attached hydrogen (secondary N) is 1. The van der Waals surface area contributed by atoms with E-state index in [2.05, 4.69) is 11.2 Å². The number of terminal acetylenes is 1. The molecule has 0 unspecified atom stereocenters. The van der Waals surface area contributed by atoms with Crippen molar-refractivity contribution >= 4 is 28.3 Å². The van der Waals surface area contributed by atoms with Crippen LogP contribution in [0.4, 0.5) is 0 Å². The molecular formula is C6H7NS2. The molecule has 0 atom stereocenters. The van der Waals surface area contributed by atoms with Crippen LogP contribution in [0.3, 0.4) is 0 Å². The van der Waals surface area contributed by atoms with Crippen LogP contribution in [0, 0.1) is 12.3 Å². The third kappa shape index (κ3) is 5.41. The first kappa shape index (κ1) is 8.54. The van der Waals surface area contributed by atoms with E-state index in [1.807, 2.05) is 0 Å². The number of rotatable bonds is 1. The van der Waals surface area contributed by atoms with E-state index < -0.39 is 0 Å². The summed E-state index contributed by atoms with van der Waals surface area (Å²) >= 11 is 6.20. The zero-order valence-electron chi connectivity index (χ0n) is 5.05. The molecule has 0 saturated heterocycles. The van der Waals surface area contributed by atoms with Crippen LogP contribution < -0.4 is 5.32 Å². The highest BCUT2D eigenvalue weighted by molar-refractivity contribution is 8.24. The van der Waals surface area contributed by atoms with Gasteiger partial charge in [-0.15, -0.1) is 6.42 Å².